The van der Waals surface area contributed by atoms with E-state index in [2.05, 4.69) is 15.3 Å². The van der Waals surface area contributed by atoms with Crippen LogP contribution in [0.2, 0.25) is 0 Å². The molecule has 1 aliphatic carbocycles. The van der Waals surface area contributed by atoms with Gasteiger partial charge in [0.05, 0.1) is 17.4 Å². The lowest BCUT2D eigenvalue weighted by atomic mass is 9.95. The summed E-state index contributed by atoms with van der Waals surface area (Å²) in [5.74, 6) is -0.684. The Balaban J connectivity index is 1.56. The molecule has 1 atom stereocenters. The fraction of sp³-hybridized carbons (Fsp3) is 0.409. The fourth-order valence-corrected chi connectivity index (χ4v) is 5.74. The Hall–Kier alpha value is -2.72. The number of anilines is 1. The molecule has 32 heavy (non-hydrogen) atoms. The highest BCUT2D eigenvalue weighted by Gasteiger charge is 2.28. The summed E-state index contributed by atoms with van der Waals surface area (Å²) in [5.41, 5.74) is 2.39. The van der Waals surface area contributed by atoms with Crippen LogP contribution in [0, 0.1) is 6.92 Å². The first-order valence-corrected chi connectivity index (χ1v) is 12.2. The number of ether oxygens (including phenoxy) is 1. The average molecular weight is 473 g/mol. The SMILES string of the molecule is CCOC(=O)c1c(NC(=O)[C@H](C)Sc2nc(=O)n3cccc(C)c3n2)sc2c1CCCC2. The number of rotatable bonds is 6. The van der Waals surface area contributed by atoms with Crippen LogP contribution in [0.25, 0.3) is 5.65 Å². The van der Waals surface area contributed by atoms with Crippen molar-refractivity contribution in [2.45, 2.75) is 56.9 Å². The Labute approximate surface area is 193 Å². The van der Waals surface area contributed by atoms with Gasteiger partial charge in [-0.1, -0.05) is 17.8 Å². The summed E-state index contributed by atoms with van der Waals surface area (Å²) in [6.45, 7) is 5.63. The number of esters is 1. The quantitative estimate of drug-likeness (QED) is 0.432. The van der Waals surface area contributed by atoms with Crippen molar-refractivity contribution in [3.8, 4) is 0 Å². The summed E-state index contributed by atoms with van der Waals surface area (Å²) < 4.78 is 6.63. The highest BCUT2D eigenvalue weighted by Crippen LogP contribution is 2.39. The highest BCUT2D eigenvalue weighted by molar-refractivity contribution is 8.00. The van der Waals surface area contributed by atoms with Gasteiger partial charge < -0.3 is 10.1 Å². The second-order valence-electron chi connectivity index (χ2n) is 7.56. The van der Waals surface area contributed by atoms with E-state index in [-0.39, 0.29) is 17.7 Å². The molecule has 4 rings (SSSR count). The Kier molecular flexibility index (Phi) is 6.61. The maximum atomic E-state index is 13.0. The van der Waals surface area contributed by atoms with Crippen molar-refractivity contribution in [1.29, 1.82) is 0 Å². The molecule has 1 N–H and O–H groups in total. The second-order valence-corrected chi connectivity index (χ2v) is 9.97. The van der Waals surface area contributed by atoms with E-state index in [1.807, 2.05) is 13.0 Å². The van der Waals surface area contributed by atoms with Crippen LogP contribution in [0.1, 0.15) is 53.1 Å². The van der Waals surface area contributed by atoms with E-state index in [0.717, 1.165) is 53.4 Å². The lowest BCUT2D eigenvalue weighted by Crippen LogP contribution is -2.25. The first-order chi connectivity index (χ1) is 15.4. The Bertz CT molecular complexity index is 1250. The number of hydrogen-bond donors (Lipinski definition) is 1. The number of aryl methyl sites for hydroxylation is 2. The van der Waals surface area contributed by atoms with Gasteiger partial charge in [-0.05, 0) is 63.6 Å². The van der Waals surface area contributed by atoms with Crippen molar-refractivity contribution < 1.29 is 14.3 Å². The zero-order valence-corrected chi connectivity index (χ0v) is 19.8. The molecule has 0 bridgehead atoms. The van der Waals surface area contributed by atoms with Crippen LogP contribution in [0.4, 0.5) is 5.00 Å². The number of carbonyl (C=O) groups excluding carboxylic acids is 2. The molecule has 3 aromatic heterocycles. The van der Waals surface area contributed by atoms with Crippen LogP contribution < -0.4 is 11.0 Å². The first kappa shape index (κ1) is 22.5. The monoisotopic (exact) mass is 472 g/mol. The van der Waals surface area contributed by atoms with Gasteiger partial charge in [0.2, 0.25) is 5.91 Å². The van der Waals surface area contributed by atoms with Gasteiger partial charge in [0.25, 0.3) is 0 Å². The predicted molar refractivity (Wildman–Crippen MR) is 125 cm³/mol. The molecule has 8 nitrogen and oxygen atoms in total. The largest absolute Gasteiger partial charge is 0.462 e. The van der Waals surface area contributed by atoms with Crippen molar-refractivity contribution in [3.63, 3.8) is 0 Å². The zero-order chi connectivity index (χ0) is 22.8. The molecule has 10 heteroatoms. The number of fused-ring (bicyclic) bond motifs is 2. The Morgan fingerprint density at radius 2 is 2.09 bits per heavy atom. The van der Waals surface area contributed by atoms with Crippen molar-refractivity contribution in [1.82, 2.24) is 14.4 Å². The van der Waals surface area contributed by atoms with Gasteiger partial charge in [0.1, 0.15) is 10.6 Å². The van der Waals surface area contributed by atoms with E-state index in [9.17, 15) is 14.4 Å². The summed E-state index contributed by atoms with van der Waals surface area (Å²) in [7, 11) is 0. The highest BCUT2D eigenvalue weighted by atomic mass is 32.2. The molecule has 0 aromatic carbocycles. The lowest BCUT2D eigenvalue weighted by Gasteiger charge is -2.13. The predicted octanol–water partition coefficient (Wildman–Crippen LogP) is 3.63. The molecule has 168 valence electrons. The van der Waals surface area contributed by atoms with E-state index < -0.39 is 16.9 Å². The van der Waals surface area contributed by atoms with Crippen LogP contribution in [0.3, 0.4) is 0 Å². The minimum Gasteiger partial charge on any atom is -0.462 e. The molecule has 3 heterocycles. The number of nitrogens with one attached hydrogen (secondary N) is 1. The maximum absolute atomic E-state index is 13.0. The van der Waals surface area contributed by atoms with Gasteiger partial charge in [-0.15, -0.1) is 11.3 Å². The minimum atomic E-state index is -0.574. The standard InChI is InChI=1S/C22H24N4O4S2/c1-4-30-20(28)16-14-9-5-6-10-15(14)32-19(16)24-18(27)13(3)31-21-23-17-12(2)8-7-11-26(17)22(29)25-21/h7-8,11,13H,4-6,9-10H2,1-3H3,(H,24,27)/t13-/m0/s1. The van der Waals surface area contributed by atoms with Gasteiger partial charge >= 0.3 is 11.7 Å². The molecule has 0 fully saturated rings. The van der Waals surface area contributed by atoms with Gasteiger partial charge in [-0.3, -0.25) is 9.20 Å². The average Bonchev–Trinajstić information content (AvgIpc) is 3.12. The summed E-state index contributed by atoms with van der Waals surface area (Å²) in [5, 5.41) is 3.10. The molecular formula is C22H24N4O4S2. The number of amides is 1. The van der Waals surface area contributed by atoms with E-state index in [4.69, 9.17) is 4.74 Å². The lowest BCUT2D eigenvalue weighted by molar-refractivity contribution is -0.115. The third-order valence-corrected chi connectivity index (χ3v) is 7.47. The van der Waals surface area contributed by atoms with Crippen LogP contribution in [0.5, 0.6) is 0 Å². The van der Waals surface area contributed by atoms with Crippen molar-refractivity contribution in [2.75, 3.05) is 11.9 Å². The Morgan fingerprint density at radius 3 is 2.88 bits per heavy atom. The minimum absolute atomic E-state index is 0.239. The smallest absolute Gasteiger partial charge is 0.355 e. The molecule has 0 unspecified atom stereocenters. The molecular weight excluding hydrogens is 448 g/mol. The van der Waals surface area contributed by atoms with E-state index in [1.54, 1.807) is 26.1 Å². The van der Waals surface area contributed by atoms with Crippen molar-refractivity contribution >= 4 is 45.6 Å². The van der Waals surface area contributed by atoms with E-state index in [1.165, 1.54) is 15.7 Å². The molecule has 0 saturated carbocycles. The van der Waals surface area contributed by atoms with Gasteiger partial charge in [0, 0.05) is 11.1 Å². The van der Waals surface area contributed by atoms with Crippen LogP contribution in [-0.2, 0) is 22.4 Å². The van der Waals surface area contributed by atoms with Crippen LogP contribution in [0.15, 0.2) is 28.3 Å². The van der Waals surface area contributed by atoms with Crippen LogP contribution >= 0.6 is 23.1 Å². The number of hydrogen-bond acceptors (Lipinski definition) is 8. The summed E-state index contributed by atoms with van der Waals surface area (Å²) in [6, 6.07) is 3.62. The number of nitrogens with zero attached hydrogens (tertiary/aromatic N) is 3. The van der Waals surface area contributed by atoms with Gasteiger partial charge in [0.15, 0.2) is 5.16 Å². The topological polar surface area (TPSA) is 103 Å². The molecule has 0 spiro atoms. The maximum Gasteiger partial charge on any atom is 0.355 e. The number of thioether (sulfide) groups is 1. The molecule has 0 aliphatic heterocycles. The van der Waals surface area contributed by atoms with E-state index in [0.29, 0.717) is 16.2 Å². The number of aromatic nitrogens is 3. The Morgan fingerprint density at radius 1 is 1.31 bits per heavy atom. The fourth-order valence-electron chi connectivity index (χ4n) is 3.71. The normalized spacial score (nSPS) is 14.1. The molecule has 0 saturated heterocycles. The number of pyridine rings is 1. The molecule has 1 amide bonds. The van der Waals surface area contributed by atoms with Crippen molar-refractivity contribution in [2.24, 2.45) is 0 Å². The van der Waals surface area contributed by atoms with Gasteiger partial charge in [-0.2, -0.15) is 4.98 Å². The third kappa shape index (κ3) is 4.42. The van der Waals surface area contributed by atoms with Gasteiger partial charge in [-0.25, -0.2) is 14.6 Å². The molecule has 3 aromatic rings. The third-order valence-electron chi connectivity index (χ3n) is 5.30. The summed E-state index contributed by atoms with van der Waals surface area (Å²) in [4.78, 5) is 47.5. The number of thiophene rings is 1. The van der Waals surface area contributed by atoms with Crippen LogP contribution in [-0.4, -0.2) is 38.1 Å². The number of carbonyl (C=O) groups is 2. The first-order valence-electron chi connectivity index (χ1n) is 10.5. The van der Waals surface area contributed by atoms with E-state index >= 15 is 0 Å². The summed E-state index contributed by atoms with van der Waals surface area (Å²) in [6.07, 6.45) is 5.42. The second kappa shape index (κ2) is 9.41. The molecule has 0 radical (unpaired) electrons. The summed E-state index contributed by atoms with van der Waals surface area (Å²) >= 11 is 2.56. The van der Waals surface area contributed by atoms with Crippen molar-refractivity contribution in [3.05, 3.63) is 50.4 Å². The molecule has 1 aliphatic rings. The zero-order valence-electron chi connectivity index (χ0n) is 18.1.